The van der Waals surface area contributed by atoms with Crippen molar-refractivity contribution >= 4 is 11.6 Å². The summed E-state index contributed by atoms with van der Waals surface area (Å²) < 4.78 is 13.3. The van der Waals surface area contributed by atoms with Gasteiger partial charge in [-0.2, -0.15) is 0 Å². The molecule has 3 fully saturated rings. The van der Waals surface area contributed by atoms with Crippen molar-refractivity contribution in [3.05, 3.63) is 29.8 Å². The summed E-state index contributed by atoms with van der Waals surface area (Å²) in [5.74, 6) is 1.15. The lowest BCUT2D eigenvalue weighted by Gasteiger charge is -2.24. The van der Waals surface area contributed by atoms with E-state index in [1.807, 2.05) is 0 Å². The molecule has 2 heterocycles. The van der Waals surface area contributed by atoms with E-state index in [-0.39, 0.29) is 18.0 Å². The zero-order chi connectivity index (χ0) is 16.7. The van der Waals surface area contributed by atoms with Gasteiger partial charge in [0.25, 0.3) is 0 Å². The summed E-state index contributed by atoms with van der Waals surface area (Å²) >= 11 is 0. The third kappa shape index (κ3) is 3.02. The molecule has 5 atom stereocenters. The van der Waals surface area contributed by atoms with Crippen molar-refractivity contribution in [1.29, 1.82) is 0 Å². The molecule has 0 spiro atoms. The average Bonchev–Trinajstić information content (AvgIpc) is 3.25. The van der Waals surface area contributed by atoms with Crippen LogP contribution in [0.25, 0.3) is 0 Å². The number of amides is 1. The number of nitrogens with zero attached hydrogens (tertiary/aromatic N) is 1. The van der Waals surface area contributed by atoms with E-state index in [0.29, 0.717) is 24.8 Å². The van der Waals surface area contributed by atoms with E-state index >= 15 is 0 Å². The Morgan fingerprint density at radius 1 is 1.25 bits per heavy atom. The molecule has 3 aliphatic rings. The van der Waals surface area contributed by atoms with Crippen molar-refractivity contribution in [2.75, 3.05) is 24.5 Å². The minimum Gasteiger partial charge on any atom is -0.371 e. The first kappa shape index (κ1) is 15.9. The van der Waals surface area contributed by atoms with Crippen LogP contribution in [0.1, 0.15) is 24.8 Å². The fourth-order valence-electron chi connectivity index (χ4n) is 4.59. The number of carbonyl (C=O) groups is 1. The number of fused-ring (bicyclic) bond motifs is 1. The third-order valence-corrected chi connectivity index (χ3v) is 5.98. The molecule has 1 aliphatic carbocycles. The van der Waals surface area contributed by atoms with Crippen LogP contribution in [0.2, 0.25) is 0 Å². The Hall–Kier alpha value is -1.62. The quantitative estimate of drug-likeness (QED) is 0.891. The van der Waals surface area contributed by atoms with Gasteiger partial charge < -0.3 is 15.5 Å². The largest absolute Gasteiger partial charge is 0.371 e. The fourth-order valence-corrected chi connectivity index (χ4v) is 4.59. The first-order chi connectivity index (χ1) is 11.6. The summed E-state index contributed by atoms with van der Waals surface area (Å²) in [6, 6.07) is 8.57. The molecule has 1 aromatic rings. The predicted octanol–water partition coefficient (Wildman–Crippen LogP) is 2.03. The smallest absolute Gasteiger partial charge is 0.237 e. The second-order valence-electron chi connectivity index (χ2n) is 7.65. The standard InChI is InChI=1S/C19H26FN3O/c1-12-2-5-15(6-3-12)23-10-13-4-7-17(16(13)11-23)22-19(24)18-8-14(20)9-21-18/h2-3,5-6,13-14,16-18,21H,4,7-11H2,1H3,(H,22,24)/t13?,14-,16?,17?,18+/m1/s1. The summed E-state index contributed by atoms with van der Waals surface area (Å²) in [6.45, 7) is 4.49. The Morgan fingerprint density at radius 2 is 2.04 bits per heavy atom. The van der Waals surface area contributed by atoms with Gasteiger partial charge in [0.15, 0.2) is 0 Å². The highest BCUT2D eigenvalue weighted by atomic mass is 19.1. The van der Waals surface area contributed by atoms with E-state index in [4.69, 9.17) is 0 Å². The van der Waals surface area contributed by atoms with Gasteiger partial charge in [0.2, 0.25) is 5.91 Å². The summed E-state index contributed by atoms with van der Waals surface area (Å²) in [5.41, 5.74) is 2.55. The van der Waals surface area contributed by atoms with Gasteiger partial charge in [-0.3, -0.25) is 4.79 Å². The van der Waals surface area contributed by atoms with Gasteiger partial charge in [0.1, 0.15) is 6.17 Å². The monoisotopic (exact) mass is 331 g/mol. The minimum atomic E-state index is -0.888. The summed E-state index contributed by atoms with van der Waals surface area (Å²) in [5, 5.41) is 6.18. The Balaban J connectivity index is 1.37. The Labute approximate surface area is 142 Å². The van der Waals surface area contributed by atoms with Crippen LogP contribution in [-0.2, 0) is 4.79 Å². The number of rotatable bonds is 3. The molecule has 0 aromatic heterocycles. The number of alkyl halides is 1. The van der Waals surface area contributed by atoms with Crippen LogP contribution in [0.3, 0.4) is 0 Å². The molecule has 1 saturated carbocycles. The molecule has 4 rings (SSSR count). The van der Waals surface area contributed by atoms with Gasteiger partial charge in [-0.15, -0.1) is 0 Å². The van der Waals surface area contributed by atoms with Crippen LogP contribution >= 0.6 is 0 Å². The SMILES string of the molecule is Cc1ccc(N2CC3CCC(NC(=O)[C@@H]4C[C@@H](F)CN4)C3C2)cc1. The average molecular weight is 331 g/mol. The van der Waals surface area contributed by atoms with E-state index < -0.39 is 6.17 Å². The molecule has 2 aliphatic heterocycles. The Bertz CT molecular complexity index is 605. The Kier molecular flexibility index (Phi) is 4.21. The lowest BCUT2D eigenvalue weighted by Crippen LogP contribution is -2.47. The zero-order valence-electron chi connectivity index (χ0n) is 14.2. The van der Waals surface area contributed by atoms with Crippen LogP contribution in [0.4, 0.5) is 10.1 Å². The van der Waals surface area contributed by atoms with Crippen molar-refractivity contribution in [2.24, 2.45) is 11.8 Å². The second-order valence-corrected chi connectivity index (χ2v) is 7.65. The van der Waals surface area contributed by atoms with Crippen LogP contribution in [0, 0.1) is 18.8 Å². The molecule has 2 saturated heterocycles. The number of carbonyl (C=O) groups excluding carboxylic acids is 1. The number of anilines is 1. The maximum atomic E-state index is 13.3. The number of nitrogens with one attached hydrogen (secondary N) is 2. The van der Waals surface area contributed by atoms with Crippen molar-refractivity contribution in [1.82, 2.24) is 10.6 Å². The van der Waals surface area contributed by atoms with Crippen LogP contribution in [-0.4, -0.2) is 43.8 Å². The van der Waals surface area contributed by atoms with Gasteiger partial charge in [-0.1, -0.05) is 17.7 Å². The first-order valence-corrected chi connectivity index (χ1v) is 9.09. The molecule has 3 unspecified atom stereocenters. The normalized spacial score (nSPS) is 35.2. The van der Waals surface area contributed by atoms with Crippen LogP contribution < -0.4 is 15.5 Å². The van der Waals surface area contributed by atoms with Crippen molar-refractivity contribution < 1.29 is 9.18 Å². The van der Waals surface area contributed by atoms with E-state index in [9.17, 15) is 9.18 Å². The highest BCUT2D eigenvalue weighted by molar-refractivity contribution is 5.82. The van der Waals surface area contributed by atoms with Gasteiger partial charge in [-0.05, 0) is 37.8 Å². The van der Waals surface area contributed by atoms with Gasteiger partial charge in [-0.25, -0.2) is 4.39 Å². The van der Waals surface area contributed by atoms with E-state index in [1.54, 1.807) is 0 Å². The number of halogens is 1. The maximum Gasteiger partial charge on any atom is 0.237 e. The lowest BCUT2D eigenvalue weighted by atomic mass is 9.97. The molecule has 4 nitrogen and oxygen atoms in total. The zero-order valence-corrected chi connectivity index (χ0v) is 14.2. The molecule has 0 radical (unpaired) electrons. The van der Waals surface area contributed by atoms with Crippen LogP contribution in [0.5, 0.6) is 0 Å². The molecule has 5 heteroatoms. The number of hydrogen-bond acceptors (Lipinski definition) is 3. The number of benzene rings is 1. The first-order valence-electron chi connectivity index (χ1n) is 9.09. The molecule has 1 amide bonds. The highest BCUT2D eigenvalue weighted by Crippen LogP contribution is 2.40. The maximum absolute atomic E-state index is 13.3. The van der Waals surface area contributed by atoms with E-state index in [2.05, 4.69) is 46.7 Å². The number of hydrogen-bond donors (Lipinski definition) is 2. The molecule has 24 heavy (non-hydrogen) atoms. The molecular formula is C19H26FN3O. The lowest BCUT2D eigenvalue weighted by molar-refractivity contribution is -0.123. The van der Waals surface area contributed by atoms with E-state index in [0.717, 1.165) is 19.5 Å². The van der Waals surface area contributed by atoms with Crippen LogP contribution in [0.15, 0.2) is 24.3 Å². The minimum absolute atomic E-state index is 0.0189. The second kappa shape index (κ2) is 6.36. The third-order valence-electron chi connectivity index (χ3n) is 5.98. The molecule has 2 N–H and O–H groups in total. The fraction of sp³-hybridized carbons (Fsp3) is 0.632. The summed E-state index contributed by atoms with van der Waals surface area (Å²) in [6.07, 6.45) is 1.64. The molecule has 130 valence electrons. The predicted molar refractivity (Wildman–Crippen MR) is 92.8 cm³/mol. The topological polar surface area (TPSA) is 44.4 Å². The summed E-state index contributed by atoms with van der Waals surface area (Å²) in [7, 11) is 0. The van der Waals surface area contributed by atoms with Crippen molar-refractivity contribution in [3.8, 4) is 0 Å². The van der Waals surface area contributed by atoms with Crippen molar-refractivity contribution in [3.63, 3.8) is 0 Å². The molecule has 0 bridgehead atoms. The van der Waals surface area contributed by atoms with Crippen molar-refractivity contribution in [2.45, 2.75) is 44.4 Å². The Morgan fingerprint density at radius 3 is 2.75 bits per heavy atom. The van der Waals surface area contributed by atoms with Gasteiger partial charge >= 0.3 is 0 Å². The molecule has 1 aromatic carbocycles. The van der Waals surface area contributed by atoms with Gasteiger partial charge in [0.05, 0.1) is 6.04 Å². The van der Waals surface area contributed by atoms with E-state index in [1.165, 1.54) is 17.7 Å². The number of aryl methyl sites for hydroxylation is 1. The molecular weight excluding hydrogens is 305 g/mol. The van der Waals surface area contributed by atoms with Gasteiger partial charge in [0, 0.05) is 43.7 Å². The highest BCUT2D eigenvalue weighted by Gasteiger charge is 2.44. The summed E-state index contributed by atoms with van der Waals surface area (Å²) in [4.78, 5) is 14.8.